The third-order valence-corrected chi connectivity index (χ3v) is 2.62. The number of hydrazone groups is 1. The van der Waals surface area contributed by atoms with Gasteiger partial charge in [-0.05, 0) is 24.4 Å². The maximum atomic E-state index is 9.91. The molecule has 0 heterocycles. The zero-order valence-corrected chi connectivity index (χ0v) is 12.2. The number of allylic oxidation sites excluding steroid dienone is 3. The smallest absolute Gasteiger partial charge is 0.142 e. The number of nitrogens with one attached hydrogen (secondary N) is 2. The van der Waals surface area contributed by atoms with Crippen LogP contribution < -0.4 is 15.6 Å². The van der Waals surface area contributed by atoms with Crippen molar-refractivity contribution in [2.24, 2.45) is 5.10 Å². The molecule has 0 spiro atoms. The number of hydrogen-bond donors (Lipinski definition) is 3. The maximum Gasteiger partial charge on any atom is 0.142 e. The van der Waals surface area contributed by atoms with Gasteiger partial charge < -0.3 is 15.7 Å². The first-order valence-corrected chi connectivity index (χ1v) is 6.45. The zero-order chi connectivity index (χ0) is 14.8. The average Bonchev–Trinajstić information content (AvgIpc) is 2.45. The minimum absolute atomic E-state index is 0.198. The zero-order valence-electron chi connectivity index (χ0n) is 12.2. The van der Waals surface area contributed by atoms with Crippen molar-refractivity contribution in [3.8, 4) is 5.75 Å². The number of hydrogen-bond acceptors (Lipinski definition) is 5. The van der Waals surface area contributed by atoms with Gasteiger partial charge in [0, 0.05) is 45.5 Å². The summed E-state index contributed by atoms with van der Waals surface area (Å²) in [7, 11) is 5.47. The Morgan fingerprint density at radius 2 is 2.10 bits per heavy atom. The van der Waals surface area contributed by atoms with Gasteiger partial charge in [-0.2, -0.15) is 5.10 Å². The molecule has 0 aliphatic rings. The van der Waals surface area contributed by atoms with Crippen LogP contribution in [0.15, 0.2) is 47.7 Å². The summed E-state index contributed by atoms with van der Waals surface area (Å²) in [5, 5.41) is 21.7. The predicted molar refractivity (Wildman–Crippen MR) is 86.5 cm³/mol. The quantitative estimate of drug-likeness (QED) is 0.406. The molecule has 0 aliphatic heterocycles. The van der Waals surface area contributed by atoms with Crippen LogP contribution in [0.2, 0.25) is 0 Å². The van der Waals surface area contributed by atoms with Crippen molar-refractivity contribution in [1.29, 1.82) is 0 Å². The molecule has 0 saturated carbocycles. The Morgan fingerprint density at radius 1 is 1.30 bits per heavy atom. The summed E-state index contributed by atoms with van der Waals surface area (Å²) in [4.78, 5) is 0. The van der Waals surface area contributed by atoms with Gasteiger partial charge >= 0.3 is 0 Å². The van der Waals surface area contributed by atoms with Crippen LogP contribution in [0.4, 0.5) is 11.4 Å². The van der Waals surface area contributed by atoms with Crippen LogP contribution in [0.25, 0.3) is 0 Å². The van der Waals surface area contributed by atoms with Gasteiger partial charge in [-0.25, -0.2) is 0 Å². The van der Waals surface area contributed by atoms with Gasteiger partial charge in [-0.1, -0.05) is 12.2 Å². The largest absolute Gasteiger partial charge is 0.506 e. The van der Waals surface area contributed by atoms with Gasteiger partial charge in [-0.3, -0.25) is 5.01 Å². The molecule has 0 radical (unpaired) electrons. The summed E-state index contributed by atoms with van der Waals surface area (Å²) in [5.41, 5.74) is 1.53. The van der Waals surface area contributed by atoms with Gasteiger partial charge in [0.05, 0.1) is 0 Å². The summed E-state index contributed by atoms with van der Waals surface area (Å²) in [5.74, 6) is 0.198. The van der Waals surface area contributed by atoms with Crippen molar-refractivity contribution < 1.29 is 5.11 Å². The summed E-state index contributed by atoms with van der Waals surface area (Å²) < 4.78 is 0. The molecule has 108 valence electrons. The number of aromatic hydroxyl groups is 1. The standard InChI is InChI=1S/C15H22N4O/c1-16-10-6-4-5-7-11-18-19(3)14-9-8-13(17-2)12-15(14)20/h4-6,8-12,16-17,20H,7H2,1-3H3/b5-4-,10-6-,18-11+. The highest BCUT2D eigenvalue weighted by atomic mass is 16.3. The Balaban J connectivity index is 2.56. The molecule has 3 N–H and O–H groups in total. The molecular weight excluding hydrogens is 252 g/mol. The minimum atomic E-state index is 0.198. The van der Waals surface area contributed by atoms with Crippen molar-refractivity contribution in [2.75, 3.05) is 31.5 Å². The van der Waals surface area contributed by atoms with Crippen LogP contribution in [-0.4, -0.2) is 32.5 Å². The Hall–Kier alpha value is -2.43. The highest BCUT2D eigenvalue weighted by Gasteiger charge is 2.05. The van der Waals surface area contributed by atoms with Gasteiger partial charge in [-0.15, -0.1) is 0 Å². The Morgan fingerprint density at radius 3 is 2.75 bits per heavy atom. The second kappa shape index (κ2) is 8.63. The van der Waals surface area contributed by atoms with Gasteiger partial charge in [0.15, 0.2) is 0 Å². The first kappa shape index (κ1) is 15.6. The monoisotopic (exact) mass is 274 g/mol. The van der Waals surface area contributed by atoms with E-state index in [-0.39, 0.29) is 5.75 Å². The molecule has 0 fully saturated rings. The van der Waals surface area contributed by atoms with Crippen molar-refractivity contribution in [3.63, 3.8) is 0 Å². The number of benzene rings is 1. The summed E-state index contributed by atoms with van der Waals surface area (Å²) in [6.07, 6.45) is 10.2. The summed E-state index contributed by atoms with van der Waals surface area (Å²) in [6, 6.07) is 5.39. The summed E-state index contributed by atoms with van der Waals surface area (Å²) in [6.45, 7) is 0. The van der Waals surface area contributed by atoms with E-state index in [1.54, 1.807) is 24.3 Å². The molecule has 0 unspecified atom stereocenters. The maximum absolute atomic E-state index is 9.91. The van der Waals surface area contributed by atoms with E-state index in [0.717, 1.165) is 12.1 Å². The molecule has 0 saturated heterocycles. The third-order valence-electron chi connectivity index (χ3n) is 2.62. The minimum Gasteiger partial charge on any atom is -0.506 e. The molecule has 0 aromatic heterocycles. The van der Waals surface area contributed by atoms with E-state index in [2.05, 4.69) is 15.7 Å². The van der Waals surface area contributed by atoms with Gasteiger partial charge in [0.2, 0.25) is 0 Å². The lowest BCUT2D eigenvalue weighted by Crippen LogP contribution is -2.08. The van der Waals surface area contributed by atoms with Crippen LogP contribution in [0.3, 0.4) is 0 Å². The number of rotatable bonds is 7. The first-order chi connectivity index (χ1) is 9.69. The first-order valence-electron chi connectivity index (χ1n) is 6.45. The van der Waals surface area contributed by atoms with E-state index in [1.165, 1.54) is 0 Å². The topological polar surface area (TPSA) is 59.9 Å². The van der Waals surface area contributed by atoms with Crippen molar-refractivity contribution >= 4 is 17.6 Å². The number of anilines is 2. The van der Waals surface area contributed by atoms with Crippen molar-refractivity contribution in [2.45, 2.75) is 6.42 Å². The van der Waals surface area contributed by atoms with Crippen LogP contribution >= 0.6 is 0 Å². The van der Waals surface area contributed by atoms with E-state index >= 15 is 0 Å². The molecular formula is C15H22N4O. The fourth-order valence-electron chi connectivity index (χ4n) is 1.55. The van der Waals surface area contributed by atoms with E-state index in [1.807, 2.05) is 50.7 Å². The second-order valence-electron chi connectivity index (χ2n) is 4.09. The van der Waals surface area contributed by atoms with Crippen LogP contribution in [0, 0.1) is 0 Å². The third kappa shape index (κ3) is 5.06. The molecule has 1 aromatic carbocycles. The number of nitrogens with zero attached hydrogens (tertiary/aromatic N) is 2. The Kier molecular flexibility index (Phi) is 6.75. The van der Waals surface area contributed by atoms with E-state index < -0.39 is 0 Å². The lowest BCUT2D eigenvalue weighted by molar-refractivity contribution is 0.475. The highest BCUT2D eigenvalue weighted by Crippen LogP contribution is 2.29. The van der Waals surface area contributed by atoms with E-state index in [9.17, 15) is 5.11 Å². The SMILES string of the molecule is CN/C=C\C=C/C/C=N/N(C)c1ccc(NC)cc1O. The van der Waals surface area contributed by atoms with E-state index in [4.69, 9.17) is 0 Å². The highest BCUT2D eigenvalue weighted by molar-refractivity contribution is 5.67. The average molecular weight is 274 g/mol. The van der Waals surface area contributed by atoms with Crippen LogP contribution in [0.5, 0.6) is 5.75 Å². The predicted octanol–water partition coefficient (Wildman–Crippen LogP) is 2.54. The lowest BCUT2D eigenvalue weighted by Gasteiger charge is -2.15. The molecule has 1 aromatic rings. The normalized spacial score (nSPS) is 11.6. The van der Waals surface area contributed by atoms with Crippen LogP contribution in [0.1, 0.15) is 6.42 Å². The Labute approximate surface area is 120 Å². The van der Waals surface area contributed by atoms with Crippen molar-refractivity contribution in [3.05, 3.63) is 42.6 Å². The molecule has 1 rings (SSSR count). The van der Waals surface area contributed by atoms with Crippen LogP contribution in [-0.2, 0) is 0 Å². The molecule has 5 heteroatoms. The Bertz CT molecular complexity index is 495. The fraction of sp³-hybridized carbons (Fsp3) is 0.267. The molecule has 0 amide bonds. The fourth-order valence-corrected chi connectivity index (χ4v) is 1.55. The van der Waals surface area contributed by atoms with Gasteiger partial charge in [0.25, 0.3) is 0 Å². The second-order valence-corrected chi connectivity index (χ2v) is 4.09. The molecule has 0 bridgehead atoms. The van der Waals surface area contributed by atoms with Gasteiger partial charge in [0.1, 0.15) is 11.4 Å². The molecule has 5 nitrogen and oxygen atoms in total. The summed E-state index contributed by atoms with van der Waals surface area (Å²) >= 11 is 0. The number of phenols is 1. The molecule has 0 atom stereocenters. The van der Waals surface area contributed by atoms with Crippen molar-refractivity contribution in [1.82, 2.24) is 5.32 Å². The van der Waals surface area contributed by atoms with E-state index in [0.29, 0.717) is 5.69 Å². The number of phenolic OH excluding ortho intramolecular Hbond substituents is 1. The molecule has 20 heavy (non-hydrogen) atoms. The molecule has 0 aliphatic carbocycles. The lowest BCUT2D eigenvalue weighted by atomic mass is 10.2.